The highest BCUT2D eigenvalue weighted by Gasteiger charge is 2.28. The third-order valence-electron chi connectivity index (χ3n) is 2.63. The van der Waals surface area contributed by atoms with Crippen LogP contribution in [0.1, 0.15) is 19.3 Å². The van der Waals surface area contributed by atoms with Crippen molar-refractivity contribution in [2.75, 3.05) is 19.8 Å². The smallest absolute Gasteiger partial charge is 0.0596 e. The molecule has 1 aliphatic heterocycles. The number of hydrogen-bond acceptors (Lipinski definition) is 2. The first kappa shape index (κ1) is 8.97. The molecule has 0 radical (unpaired) electrons. The van der Waals surface area contributed by atoms with E-state index in [9.17, 15) is 0 Å². The third-order valence-corrected chi connectivity index (χ3v) is 3.38. The second-order valence-electron chi connectivity index (χ2n) is 3.75. The van der Waals surface area contributed by atoms with Crippen LogP contribution in [0.3, 0.4) is 0 Å². The van der Waals surface area contributed by atoms with Crippen molar-refractivity contribution >= 4 is 15.9 Å². The molecule has 12 heavy (non-hydrogen) atoms. The maximum Gasteiger partial charge on any atom is 0.0596 e. The number of rotatable bonds is 3. The summed E-state index contributed by atoms with van der Waals surface area (Å²) in [6.07, 6.45) is 4.08. The van der Waals surface area contributed by atoms with Crippen LogP contribution in [0.15, 0.2) is 0 Å². The predicted molar refractivity (Wildman–Crippen MR) is 50.6 cm³/mol. The van der Waals surface area contributed by atoms with Crippen LogP contribution in [-0.4, -0.2) is 30.8 Å². The van der Waals surface area contributed by atoms with E-state index in [-0.39, 0.29) is 0 Å². The maximum absolute atomic E-state index is 5.72. The van der Waals surface area contributed by atoms with Gasteiger partial charge in [0.2, 0.25) is 0 Å². The zero-order valence-corrected chi connectivity index (χ0v) is 8.76. The predicted octanol–water partition coefficient (Wildman–Crippen LogP) is 1.97. The van der Waals surface area contributed by atoms with Crippen LogP contribution in [0, 0.1) is 5.92 Å². The highest BCUT2D eigenvalue weighted by atomic mass is 79.9. The van der Waals surface area contributed by atoms with Gasteiger partial charge in [-0.3, -0.25) is 0 Å². The Morgan fingerprint density at radius 2 is 2.25 bits per heavy atom. The Morgan fingerprint density at radius 3 is 2.83 bits per heavy atom. The van der Waals surface area contributed by atoms with Crippen molar-refractivity contribution in [1.29, 1.82) is 0 Å². The van der Waals surface area contributed by atoms with Crippen LogP contribution in [0.25, 0.3) is 0 Å². The van der Waals surface area contributed by atoms with Gasteiger partial charge < -0.3 is 9.47 Å². The highest BCUT2D eigenvalue weighted by Crippen LogP contribution is 2.30. The Kier molecular flexibility index (Phi) is 3.05. The van der Waals surface area contributed by atoms with Gasteiger partial charge in [-0.2, -0.15) is 0 Å². The summed E-state index contributed by atoms with van der Waals surface area (Å²) in [4.78, 5) is 0.710. The van der Waals surface area contributed by atoms with Crippen LogP contribution in [0.2, 0.25) is 0 Å². The maximum atomic E-state index is 5.72. The normalized spacial score (nSPS) is 41.2. The summed E-state index contributed by atoms with van der Waals surface area (Å²) < 4.78 is 11.0. The second kappa shape index (κ2) is 4.07. The summed E-state index contributed by atoms with van der Waals surface area (Å²) in [7, 11) is 0. The fourth-order valence-corrected chi connectivity index (χ4v) is 2.46. The van der Waals surface area contributed by atoms with Gasteiger partial charge in [0, 0.05) is 17.4 Å². The lowest BCUT2D eigenvalue weighted by atomic mass is 9.96. The van der Waals surface area contributed by atoms with Crippen molar-refractivity contribution in [2.24, 2.45) is 5.92 Å². The van der Waals surface area contributed by atoms with Gasteiger partial charge in [-0.15, -0.1) is 0 Å². The first-order valence-electron chi connectivity index (χ1n) is 4.68. The minimum Gasteiger partial charge on any atom is -0.381 e. The zero-order chi connectivity index (χ0) is 8.39. The third kappa shape index (κ3) is 2.21. The Hall–Kier alpha value is 0.400. The Morgan fingerprint density at radius 1 is 1.42 bits per heavy atom. The fourth-order valence-electron chi connectivity index (χ4n) is 1.62. The van der Waals surface area contributed by atoms with E-state index in [0.29, 0.717) is 16.8 Å². The van der Waals surface area contributed by atoms with Crippen LogP contribution >= 0.6 is 15.9 Å². The van der Waals surface area contributed by atoms with Crippen LogP contribution < -0.4 is 0 Å². The second-order valence-corrected chi connectivity index (χ2v) is 5.05. The molecule has 0 spiro atoms. The van der Waals surface area contributed by atoms with Crippen molar-refractivity contribution in [3.05, 3.63) is 0 Å². The molecule has 2 fully saturated rings. The minimum atomic E-state index is 0.523. The average molecular weight is 235 g/mol. The van der Waals surface area contributed by atoms with Gasteiger partial charge in [0.1, 0.15) is 0 Å². The summed E-state index contributed by atoms with van der Waals surface area (Å²) in [5.41, 5.74) is 0. The molecule has 0 aromatic carbocycles. The number of halogens is 1. The van der Waals surface area contributed by atoms with Gasteiger partial charge in [-0.1, -0.05) is 15.9 Å². The van der Waals surface area contributed by atoms with Gasteiger partial charge >= 0.3 is 0 Å². The number of alkyl halides is 1. The van der Waals surface area contributed by atoms with E-state index in [1.165, 1.54) is 19.3 Å². The molecule has 0 aromatic rings. The molecule has 1 saturated heterocycles. The van der Waals surface area contributed by atoms with Crippen molar-refractivity contribution in [3.8, 4) is 0 Å². The molecule has 1 atom stereocenters. The van der Waals surface area contributed by atoms with E-state index in [4.69, 9.17) is 9.47 Å². The minimum absolute atomic E-state index is 0.523. The molecule has 0 N–H and O–H groups in total. The molecule has 1 aliphatic carbocycles. The molecular weight excluding hydrogens is 220 g/mol. The standard InChI is InChI=1S/C9H15BrO2/c10-8-3-9(4-8)12-6-7-1-2-11-5-7/h7-9H,1-6H2. The summed E-state index contributed by atoms with van der Waals surface area (Å²) in [5.74, 6) is 0.666. The van der Waals surface area contributed by atoms with E-state index < -0.39 is 0 Å². The van der Waals surface area contributed by atoms with E-state index in [1.54, 1.807) is 0 Å². The lowest BCUT2D eigenvalue weighted by molar-refractivity contribution is -0.0125. The summed E-state index contributed by atoms with van der Waals surface area (Å²) >= 11 is 3.55. The number of ether oxygens (including phenoxy) is 2. The van der Waals surface area contributed by atoms with Crippen molar-refractivity contribution < 1.29 is 9.47 Å². The molecule has 0 bridgehead atoms. The summed E-state index contributed by atoms with van der Waals surface area (Å²) in [6.45, 7) is 2.74. The van der Waals surface area contributed by atoms with Gasteiger partial charge in [0.15, 0.2) is 0 Å². The largest absolute Gasteiger partial charge is 0.381 e. The van der Waals surface area contributed by atoms with E-state index in [0.717, 1.165) is 19.8 Å². The Balaban J connectivity index is 1.56. The van der Waals surface area contributed by atoms with Gasteiger partial charge in [0.25, 0.3) is 0 Å². The monoisotopic (exact) mass is 234 g/mol. The van der Waals surface area contributed by atoms with Crippen molar-refractivity contribution in [2.45, 2.75) is 30.2 Å². The van der Waals surface area contributed by atoms with E-state index in [1.807, 2.05) is 0 Å². The first-order chi connectivity index (χ1) is 5.84. The van der Waals surface area contributed by atoms with E-state index in [2.05, 4.69) is 15.9 Å². The summed E-state index contributed by atoms with van der Waals surface area (Å²) in [6, 6.07) is 0. The van der Waals surface area contributed by atoms with Crippen molar-refractivity contribution in [3.63, 3.8) is 0 Å². The molecule has 0 aromatic heterocycles. The first-order valence-corrected chi connectivity index (χ1v) is 5.59. The van der Waals surface area contributed by atoms with Gasteiger partial charge in [-0.25, -0.2) is 0 Å². The Labute approximate surface area is 81.7 Å². The zero-order valence-electron chi connectivity index (χ0n) is 7.17. The molecular formula is C9H15BrO2. The Bertz CT molecular complexity index is 139. The number of hydrogen-bond donors (Lipinski definition) is 0. The molecule has 2 aliphatic rings. The van der Waals surface area contributed by atoms with Crippen LogP contribution in [0.5, 0.6) is 0 Å². The van der Waals surface area contributed by atoms with Crippen LogP contribution in [0.4, 0.5) is 0 Å². The summed E-state index contributed by atoms with van der Waals surface area (Å²) in [5, 5.41) is 0. The lowest BCUT2D eigenvalue weighted by Gasteiger charge is -2.31. The van der Waals surface area contributed by atoms with Crippen molar-refractivity contribution in [1.82, 2.24) is 0 Å². The highest BCUT2D eigenvalue weighted by molar-refractivity contribution is 9.09. The SMILES string of the molecule is BrC1CC(OCC2CCOC2)C1. The molecule has 1 saturated carbocycles. The fraction of sp³-hybridized carbons (Fsp3) is 1.00. The molecule has 2 rings (SSSR count). The quantitative estimate of drug-likeness (QED) is 0.696. The molecule has 2 nitrogen and oxygen atoms in total. The molecule has 3 heteroatoms. The molecule has 1 heterocycles. The van der Waals surface area contributed by atoms with Crippen LogP contribution in [-0.2, 0) is 9.47 Å². The van der Waals surface area contributed by atoms with Gasteiger partial charge in [-0.05, 0) is 19.3 Å². The topological polar surface area (TPSA) is 18.5 Å². The molecule has 0 amide bonds. The average Bonchev–Trinajstić information content (AvgIpc) is 2.47. The molecule has 1 unspecified atom stereocenters. The van der Waals surface area contributed by atoms with E-state index >= 15 is 0 Å². The lowest BCUT2D eigenvalue weighted by Crippen LogP contribution is -2.33. The van der Waals surface area contributed by atoms with Gasteiger partial charge in [0.05, 0.1) is 19.3 Å². The molecule has 70 valence electrons.